The molecular weight excluding hydrogens is 268 g/mol. The maximum Gasteiger partial charge on any atom is 0.256 e. The van der Waals surface area contributed by atoms with E-state index in [1.165, 1.54) is 11.9 Å². The lowest BCUT2D eigenvalue weighted by Crippen LogP contribution is -2.48. The number of carbonyl (C=O) groups is 2. The molecular formula is C15H14N4O2. The van der Waals surface area contributed by atoms with Crippen LogP contribution in [0.4, 0.5) is 0 Å². The van der Waals surface area contributed by atoms with E-state index in [9.17, 15) is 9.59 Å². The third kappa shape index (κ3) is 2.43. The van der Waals surface area contributed by atoms with Gasteiger partial charge in [0.1, 0.15) is 0 Å². The van der Waals surface area contributed by atoms with Crippen LogP contribution < -0.4 is 5.32 Å². The van der Waals surface area contributed by atoms with E-state index in [0.717, 1.165) is 5.56 Å². The van der Waals surface area contributed by atoms with Crippen LogP contribution in [0.2, 0.25) is 0 Å². The summed E-state index contributed by atoms with van der Waals surface area (Å²) in [5.74, 6) is -0.210. The van der Waals surface area contributed by atoms with Crippen LogP contribution >= 0.6 is 0 Å². The minimum atomic E-state index is -0.773. The van der Waals surface area contributed by atoms with Gasteiger partial charge in [0.15, 0.2) is 11.9 Å². The maximum atomic E-state index is 12.4. The van der Waals surface area contributed by atoms with E-state index < -0.39 is 6.04 Å². The number of hydrogen-bond acceptors (Lipinski definition) is 3. The number of amidine groups is 1. The van der Waals surface area contributed by atoms with Gasteiger partial charge in [-0.1, -0.05) is 30.3 Å². The summed E-state index contributed by atoms with van der Waals surface area (Å²) in [7, 11) is 0. The Morgan fingerprint density at radius 1 is 1.19 bits per heavy atom. The molecule has 0 aliphatic carbocycles. The van der Waals surface area contributed by atoms with Gasteiger partial charge in [0.25, 0.3) is 5.91 Å². The minimum Gasteiger partial charge on any atom is -0.363 e. The zero-order valence-electron chi connectivity index (χ0n) is 11.4. The van der Waals surface area contributed by atoms with Crippen molar-refractivity contribution in [2.45, 2.75) is 13.0 Å². The third-order valence-corrected chi connectivity index (χ3v) is 3.23. The molecule has 1 aliphatic heterocycles. The first-order chi connectivity index (χ1) is 10.2. The second-order valence-corrected chi connectivity index (χ2v) is 4.70. The molecule has 6 heteroatoms. The molecule has 2 amide bonds. The number of rotatable bonds is 2. The van der Waals surface area contributed by atoms with Crippen LogP contribution in [-0.2, 0) is 9.59 Å². The second-order valence-electron chi connectivity index (χ2n) is 4.70. The number of aromatic amines is 1. The Kier molecular flexibility index (Phi) is 3.27. The van der Waals surface area contributed by atoms with Crippen molar-refractivity contribution >= 4 is 17.6 Å². The fourth-order valence-corrected chi connectivity index (χ4v) is 2.25. The Morgan fingerprint density at radius 2 is 1.95 bits per heavy atom. The molecule has 1 aromatic heterocycles. The van der Waals surface area contributed by atoms with Gasteiger partial charge in [-0.3, -0.25) is 9.59 Å². The minimum absolute atomic E-state index is 0.290. The molecule has 0 spiro atoms. The van der Waals surface area contributed by atoms with Gasteiger partial charge in [0.05, 0.1) is 0 Å². The normalized spacial score (nSPS) is 18.1. The van der Waals surface area contributed by atoms with Crippen LogP contribution in [0.3, 0.4) is 0 Å². The molecule has 0 saturated heterocycles. The van der Waals surface area contributed by atoms with E-state index in [2.05, 4.69) is 15.4 Å². The Morgan fingerprint density at radius 3 is 2.57 bits per heavy atom. The van der Waals surface area contributed by atoms with Gasteiger partial charge in [-0.15, -0.1) is 0 Å². The highest BCUT2D eigenvalue weighted by Gasteiger charge is 2.35. The van der Waals surface area contributed by atoms with Crippen LogP contribution in [0, 0.1) is 0 Å². The molecule has 21 heavy (non-hydrogen) atoms. The molecule has 0 saturated carbocycles. The SMILES string of the molecule is CC(=O)N1N=C(c2ccccc2)NC(=O)C1c1ccc[nH]1. The largest absolute Gasteiger partial charge is 0.363 e. The molecule has 106 valence electrons. The topological polar surface area (TPSA) is 77.6 Å². The van der Waals surface area contributed by atoms with Gasteiger partial charge in [0.2, 0.25) is 5.91 Å². The van der Waals surface area contributed by atoms with Gasteiger partial charge in [-0.2, -0.15) is 5.10 Å². The molecule has 2 N–H and O–H groups in total. The molecule has 1 aromatic carbocycles. The number of aromatic nitrogens is 1. The van der Waals surface area contributed by atoms with Crippen molar-refractivity contribution in [3.63, 3.8) is 0 Å². The Hall–Kier alpha value is -2.89. The first kappa shape index (κ1) is 13.1. The summed E-state index contributed by atoms with van der Waals surface area (Å²) in [6.45, 7) is 1.39. The molecule has 0 radical (unpaired) electrons. The van der Waals surface area contributed by atoms with E-state index >= 15 is 0 Å². The summed E-state index contributed by atoms with van der Waals surface area (Å²) in [6, 6.07) is 12.0. The molecule has 1 atom stereocenters. The van der Waals surface area contributed by atoms with Gasteiger partial charge in [0, 0.05) is 24.4 Å². The quantitative estimate of drug-likeness (QED) is 0.873. The smallest absolute Gasteiger partial charge is 0.256 e. The molecule has 3 rings (SSSR count). The number of nitrogens with zero attached hydrogens (tertiary/aromatic N) is 2. The first-order valence-corrected chi connectivity index (χ1v) is 6.55. The molecule has 0 bridgehead atoms. The van der Waals surface area contributed by atoms with Crippen LogP contribution in [0.5, 0.6) is 0 Å². The molecule has 6 nitrogen and oxygen atoms in total. The lowest BCUT2D eigenvalue weighted by Gasteiger charge is -2.30. The number of amides is 2. The Labute approximate surface area is 121 Å². The third-order valence-electron chi connectivity index (χ3n) is 3.23. The number of benzene rings is 1. The van der Waals surface area contributed by atoms with Gasteiger partial charge in [-0.25, -0.2) is 5.01 Å². The number of carbonyl (C=O) groups excluding carboxylic acids is 2. The lowest BCUT2D eigenvalue weighted by atomic mass is 10.1. The van der Waals surface area contributed by atoms with Crippen molar-refractivity contribution in [1.29, 1.82) is 0 Å². The lowest BCUT2D eigenvalue weighted by molar-refractivity contribution is -0.139. The number of hydrazone groups is 1. The predicted octanol–water partition coefficient (Wildman–Crippen LogP) is 1.40. The number of H-pyrrole nitrogens is 1. The van der Waals surface area contributed by atoms with E-state index in [0.29, 0.717) is 11.5 Å². The highest BCUT2D eigenvalue weighted by Crippen LogP contribution is 2.23. The average Bonchev–Trinajstić information content (AvgIpc) is 3.01. The molecule has 2 aromatic rings. The van der Waals surface area contributed by atoms with Crippen molar-refractivity contribution in [2.75, 3.05) is 0 Å². The fraction of sp³-hybridized carbons (Fsp3) is 0.133. The van der Waals surface area contributed by atoms with Crippen molar-refractivity contribution < 1.29 is 9.59 Å². The summed E-state index contributed by atoms with van der Waals surface area (Å²) in [5.41, 5.74) is 1.38. The molecule has 2 heterocycles. The predicted molar refractivity (Wildman–Crippen MR) is 77.2 cm³/mol. The number of nitrogens with one attached hydrogen (secondary N) is 2. The molecule has 0 fully saturated rings. The molecule has 1 unspecified atom stereocenters. The molecule has 1 aliphatic rings. The van der Waals surface area contributed by atoms with Crippen LogP contribution in [0.25, 0.3) is 0 Å². The van der Waals surface area contributed by atoms with Crippen LogP contribution in [-0.4, -0.2) is 27.6 Å². The summed E-state index contributed by atoms with van der Waals surface area (Å²) >= 11 is 0. The van der Waals surface area contributed by atoms with Gasteiger partial charge >= 0.3 is 0 Å². The van der Waals surface area contributed by atoms with Gasteiger partial charge < -0.3 is 10.3 Å². The van der Waals surface area contributed by atoms with Gasteiger partial charge in [-0.05, 0) is 12.1 Å². The number of hydrogen-bond donors (Lipinski definition) is 2. The van der Waals surface area contributed by atoms with Crippen molar-refractivity contribution in [2.24, 2.45) is 5.10 Å². The zero-order valence-corrected chi connectivity index (χ0v) is 11.4. The van der Waals surface area contributed by atoms with E-state index in [1.54, 1.807) is 18.3 Å². The van der Waals surface area contributed by atoms with Crippen molar-refractivity contribution in [1.82, 2.24) is 15.3 Å². The van der Waals surface area contributed by atoms with Crippen molar-refractivity contribution in [3.8, 4) is 0 Å². The fourth-order valence-electron chi connectivity index (χ4n) is 2.25. The summed E-state index contributed by atoms with van der Waals surface area (Å²) in [4.78, 5) is 27.2. The van der Waals surface area contributed by atoms with Crippen molar-refractivity contribution in [3.05, 3.63) is 59.9 Å². The van der Waals surface area contributed by atoms with E-state index in [1.807, 2.05) is 30.3 Å². The average molecular weight is 282 g/mol. The van der Waals surface area contributed by atoms with E-state index in [4.69, 9.17) is 0 Å². The maximum absolute atomic E-state index is 12.4. The van der Waals surface area contributed by atoms with Crippen LogP contribution in [0.1, 0.15) is 24.2 Å². The second kappa shape index (κ2) is 5.24. The monoisotopic (exact) mass is 282 g/mol. The Bertz CT molecular complexity index is 692. The zero-order chi connectivity index (χ0) is 14.8. The summed E-state index contributed by atoms with van der Waals surface area (Å²) < 4.78 is 0. The standard InChI is InChI=1S/C15H14N4O2/c1-10(20)19-13(12-8-5-9-16-12)15(21)17-14(18-19)11-6-3-2-4-7-11/h2-9,13,16H,1H3,(H,17,18,21). The Balaban J connectivity index is 2.03. The highest BCUT2D eigenvalue weighted by molar-refractivity contribution is 6.11. The highest BCUT2D eigenvalue weighted by atomic mass is 16.2. The van der Waals surface area contributed by atoms with E-state index in [-0.39, 0.29) is 11.8 Å². The summed E-state index contributed by atoms with van der Waals surface area (Å²) in [6.07, 6.45) is 1.71. The van der Waals surface area contributed by atoms with Crippen LogP contribution in [0.15, 0.2) is 53.8 Å². The first-order valence-electron chi connectivity index (χ1n) is 6.55. The summed E-state index contributed by atoms with van der Waals surface area (Å²) in [5, 5.41) is 8.24.